The molecular weight excluding hydrogens is 152 g/mol. The highest BCUT2D eigenvalue weighted by atomic mass is 16.6. The number of ether oxygens (including phenoxy) is 1. The average Bonchev–Trinajstić information content (AvgIpc) is 2.02. The minimum Gasteiger partial charge on any atom is -0.452 e. The third kappa shape index (κ3) is 3.37. The van der Waals surface area contributed by atoms with Gasteiger partial charge in [0, 0.05) is 5.57 Å². The third-order valence-electron chi connectivity index (χ3n) is 1.60. The molecule has 68 valence electrons. The van der Waals surface area contributed by atoms with E-state index in [2.05, 4.69) is 6.58 Å². The Hall–Kier alpha value is -1.05. The summed E-state index contributed by atoms with van der Waals surface area (Å²) in [5.41, 5.74) is 0.0337. The van der Waals surface area contributed by atoms with Gasteiger partial charge in [-0.1, -0.05) is 12.7 Å². The molecule has 0 aliphatic heterocycles. The van der Waals surface area contributed by atoms with E-state index in [1.54, 1.807) is 39.8 Å². The van der Waals surface area contributed by atoms with Crippen molar-refractivity contribution in [1.29, 1.82) is 0 Å². The van der Waals surface area contributed by atoms with Crippen molar-refractivity contribution in [2.75, 3.05) is 0 Å². The van der Waals surface area contributed by atoms with Gasteiger partial charge >= 0.3 is 5.97 Å². The van der Waals surface area contributed by atoms with Crippen molar-refractivity contribution in [1.82, 2.24) is 0 Å². The van der Waals surface area contributed by atoms with Gasteiger partial charge in [0.05, 0.1) is 0 Å². The lowest BCUT2D eigenvalue weighted by molar-refractivity contribution is -0.147. The Morgan fingerprint density at radius 2 is 2.00 bits per heavy atom. The van der Waals surface area contributed by atoms with Gasteiger partial charge < -0.3 is 4.74 Å². The van der Waals surface area contributed by atoms with Crippen molar-refractivity contribution in [3.63, 3.8) is 0 Å². The molecule has 0 saturated carbocycles. The molecule has 0 amide bonds. The summed E-state index contributed by atoms with van der Waals surface area (Å²) >= 11 is 0. The van der Waals surface area contributed by atoms with Crippen molar-refractivity contribution in [3.05, 3.63) is 24.3 Å². The monoisotopic (exact) mass is 168 g/mol. The number of hydrogen-bond acceptors (Lipinski definition) is 2. The Balaban J connectivity index is 4.29. The minimum atomic E-state index is -0.582. The van der Waals surface area contributed by atoms with Gasteiger partial charge in [-0.25, -0.2) is 4.79 Å². The van der Waals surface area contributed by atoms with E-state index >= 15 is 0 Å². The molecule has 0 radical (unpaired) electrons. The van der Waals surface area contributed by atoms with Crippen molar-refractivity contribution >= 4 is 5.97 Å². The fraction of sp³-hybridized carbons (Fsp3) is 0.500. The van der Waals surface area contributed by atoms with Gasteiger partial charge in [0.25, 0.3) is 0 Å². The highest BCUT2D eigenvalue weighted by Crippen LogP contribution is 2.12. The van der Waals surface area contributed by atoms with Crippen molar-refractivity contribution < 1.29 is 9.53 Å². The molecule has 0 saturated heterocycles. The fourth-order valence-corrected chi connectivity index (χ4v) is 0.479. The maximum atomic E-state index is 11.2. The van der Waals surface area contributed by atoms with Crippen LogP contribution in [-0.4, -0.2) is 11.6 Å². The van der Waals surface area contributed by atoms with Gasteiger partial charge in [-0.05, 0) is 33.8 Å². The normalized spacial score (nSPS) is 12.5. The molecule has 0 rings (SSSR count). The van der Waals surface area contributed by atoms with E-state index in [-0.39, 0.29) is 5.97 Å². The van der Waals surface area contributed by atoms with E-state index in [4.69, 9.17) is 4.74 Å². The third-order valence-corrected chi connectivity index (χ3v) is 1.60. The Bertz CT molecular complexity index is 212. The molecule has 0 bridgehead atoms. The van der Waals surface area contributed by atoms with Gasteiger partial charge in [-0.15, -0.1) is 0 Å². The molecule has 0 aromatic carbocycles. The molecule has 0 fully saturated rings. The summed E-state index contributed by atoms with van der Waals surface area (Å²) in [5, 5.41) is 0. The zero-order valence-corrected chi connectivity index (χ0v) is 8.18. The quantitative estimate of drug-likeness (QED) is 0.367. The molecule has 0 N–H and O–H groups in total. The molecule has 0 unspecified atom stereocenters. The SMILES string of the molecule is C=CC(C)(C)OC(=O)C(C)=CC. The van der Waals surface area contributed by atoms with Crippen LogP contribution in [-0.2, 0) is 9.53 Å². The van der Waals surface area contributed by atoms with Crippen LogP contribution >= 0.6 is 0 Å². The number of carbonyl (C=O) groups excluding carboxylic acids is 1. The zero-order chi connectivity index (χ0) is 9.78. The van der Waals surface area contributed by atoms with E-state index in [9.17, 15) is 4.79 Å². The Kier molecular flexibility index (Phi) is 3.74. The summed E-state index contributed by atoms with van der Waals surface area (Å²) in [7, 11) is 0. The molecule has 0 aromatic rings. The largest absolute Gasteiger partial charge is 0.452 e. The maximum Gasteiger partial charge on any atom is 0.334 e. The molecular formula is C10H16O2. The Morgan fingerprint density at radius 1 is 1.50 bits per heavy atom. The van der Waals surface area contributed by atoms with E-state index < -0.39 is 5.60 Å². The standard InChI is InChI=1S/C10H16O2/c1-6-8(3)9(11)12-10(4,5)7-2/h6-7H,2H2,1,3-5H3. The summed E-state index contributed by atoms with van der Waals surface area (Å²) < 4.78 is 5.11. The van der Waals surface area contributed by atoms with E-state index in [1.165, 1.54) is 0 Å². The molecule has 0 aliphatic rings. The lowest BCUT2D eigenvalue weighted by atomic mass is 10.1. The van der Waals surface area contributed by atoms with Crippen LogP contribution in [0.4, 0.5) is 0 Å². The number of allylic oxidation sites excluding steroid dienone is 1. The first-order valence-corrected chi connectivity index (χ1v) is 3.93. The maximum absolute atomic E-state index is 11.2. The number of hydrogen-bond donors (Lipinski definition) is 0. The van der Waals surface area contributed by atoms with Crippen LogP contribution in [0, 0.1) is 0 Å². The first kappa shape index (κ1) is 11.0. The summed E-state index contributed by atoms with van der Waals surface area (Å²) in [4.78, 5) is 11.2. The second kappa shape index (κ2) is 4.10. The van der Waals surface area contributed by atoms with Crippen molar-refractivity contribution in [2.24, 2.45) is 0 Å². The molecule has 0 spiro atoms. The predicted molar refractivity (Wildman–Crippen MR) is 49.8 cm³/mol. The smallest absolute Gasteiger partial charge is 0.334 e. The summed E-state index contributed by atoms with van der Waals surface area (Å²) in [5.74, 6) is -0.289. The average molecular weight is 168 g/mol. The van der Waals surface area contributed by atoms with Crippen LogP contribution in [0.15, 0.2) is 24.3 Å². The van der Waals surface area contributed by atoms with Crippen LogP contribution in [0.25, 0.3) is 0 Å². The number of carbonyl (C=O) groups is 1. The highest BCUT2D eigenvalue weighted by molar-refractivity contribution is 5.88. The topological polar surface area (TPSA) is 26.3 Å². The molecule has 12 heavy (non-hydrogen) atoms. The predicted octanol–water partition coefficient (Wildman–Crippen LogP) is 2.46. The summed E-state index contributed by atoms with van der Waals surface area (Å²) in [6, 6.07) is 0. The van der Waals surface area contributed by atoms with E-state index in [1.807, 2.05) is 0 Å². The zero-order valence-electron chi connectivity index (χ0n) is 8.18. The lowest BCUT2D eigenvalue weighted by Crippen LogP contribution is -2.25. The molecule has 0 atom stereocenters. The number of esters is 1. The van der Waals surface area contributed by atoms with Crippen LogP contribution in [0.1, 0.15) is 27.7 Å². The first-order valence-electron chi connectivity index (χ1n) is 3.93. The van der Waals surface area contributed by atoms with E-state index in [0.717, 1.165) is 0 Å². The molecule has 0 aromatic heterocycles. The van der Waals surface area contributed by atoms with Gasteiger partial charge in [-0.2, -0.15) is 0 Å². The second-order valence-electron chi connectivity index (χ2n) is 3.17. The highest BCUT2D eigenvalue weighted by Gasteiger charge is 2.18. The van der Waals surface area contributed by atoms with Gasteiger partial charge in [-0.3, -0.25) is 0 Å². The molecule has 2 nitrogen and oxygen atoms in total. The van der Waals surface area contributed by atoms with Gasteiger partial charge in [0.2, 0.25) is 0 Å². The van der Waals surface area contributed by atoms with Crippen molar-refractivity contribution in [3.8, 4) is 0 Å². The van der Waals surface area contributed by atoms with Crippen LogP contribution in [0.5, 0.6) is 0 Å². The van der Waals surface area contributed by atoms with Gasteiger partial charge in [0.1, 0.15) is 5.60 Å². The van der Waals surface area contributed by atoms with Crippen LogP contribution in [0.2, 0.25) is 0 Å². The minimum absolute atomic E-state index is 0.289. The van der Waals surface area contributed by atoms with Crippen LogP contribution in [0.3, 0.4) is 0 Å². The number of rotatable bonds is 3. The molecule has 0 aliphatic carbocycles. The summed E-state index contributed by atoms with van der Waals surface area (Å²) in [6.45, 7) is 10.7. The fourth-order valence-electron chi connectivity index (χ4n) is 0.479. The first-order chi connectivity index (χ1) is 5.43. The molecule has 2 heteroatoms. The molecule has 0 heterocycles. The second-order valence-corrected chi connectivity index (χ2v) is 3.17. The lowest BCUT2D eigenvalue weighted by Gasteiger charge is -2.20. The Labute approximate surface area is 73.9 Å². The Morgan fingerprint density at radius 3 is 2.33 bits per heavy atom. The van der Waals surface area contributed by atoms with E-state index in [0.29, 0.717) is 5.57 Å². The van der Waals surface area contributed by atoms with Crippen molar-refractivity contribution in [2.45, 2.75) is 33.3 Å². The summed E-state index contributed by atoms with van der Waals surface area (Å²) in [6.07, 6.45) is 3.33. The van der Waals surface area contributed by atoms with Crippen LogP contribution < -0.4 is 0 Å². The van der Waals surface area contributed by atoms with Gasteiger partial charge in [0.15, 0.2) is 0 Å².